The smallest absolute Gasteiger partial charge is 0.260 e. The maximum atomic E-state index is 12.2. The Balaban J connectivity index is 1.93. The van der Waals surface area contributed by atoms with Crippen LogP contribution < -0.4 is 4.74 Å². The molecule has 21 heavy (non-hydrogen) atoms. The van der Waals surface area contributed by atoms with Crippen molar-refractivity contribution in [3.63, 3.8) is 0 Å². The zero-order valence-electron chi connectivity index (χ0n) is 13.4. The molecule has 1 fully saturated rings. The van der Waals surface area contributed by atoms with E-state index >= 15 is 0 Å². The van der Waals surface area contributed by atoms with E-state index < -0.39 is 5.60 Å². The van der Waals surface area contributed by atoms with E-state index in [-0.39, 0.29) is 12.5 Å². The number of aliphatic hydroxyl groups is 1. The Labute approximate surface area is 126 Å². The lowest BCUT2D eigenvalue weighted by molar-refractivity contribution is -0.137. The molecule has 2 rings (SSSR count). The third-order valence-electron chi connectivity index (χ3n) is 4.14. The molecule has 1 aliphatic rings. The summed E-state index contributed by atoms with van der Waals surface area (Å²) in [7, 11) is 0. The monoisotopic (exact) mass is 291 g/mol. The first-order chi connectivity index (χ1) is 9.78. The van der Waals surface area contributed by atoms with Gasteiger partial charge < -0.3 is 14.7 Å². The van der Waals surface area contributed by atoms with Gasteiger partial charge in [0.15, 0.2) is 6.61 Å². The van der Waals surface area contributed by atoms with Crippen molar-refractivity contribution in [2.24, 2.45) is 0 Å². The fourth-order valence-electron chi connectivity index (χ4n) is 2.86. The molecule has 0 spiro atoms. The molecular formula is C17H25NO3. The van der Waals surface area contributed by atoms with Gasteiger partial charge in [0.1, 0.15) is 5.75 Å². The predicted octanol–water partition coefficient (Wildman–Crippen LogP) is 2.36. The third kappa shape index (κ3) is 3.97. The maximum Gasteiger partial charge on any atom is 0.260 e. The van der Waals surface area contributed by atoms with Crippen LogP contribution in [0.1, 0.15) is 36.5 Å². The summed E-state index contributed by atoms with van der Waals surface area (Å²) in [4.78, 5) is 14.0. The van der Waals surface area contributed by atoms with E-state index in [4.69, 9.17) is 4.74 Å². The number of benzene rings is 1. The first-order valence-corrected chi connectivity index (χ1v) is 7.49. The second-order valence-electron chi connectivity index (χ2n) is 6.39. The van der Waals surface area contributed by atoms with Crippen molar-refractivity contribution in [2.45, 2.75) is 46.1 Å². The molecule has 1 saturated heterocycles. The first-order valence-electron chi connectivity index (χ1n) is 7.49. The lowest BCUT2D eigenvalue weighted by Gasteiger charge is -2.35. The van der Waals surface area contributed by atoms with Crippen molar-refractivity contribution >= 4 is 5.91 Å². The van der Waals surface area contributed by atoms with E-state index in [9.17, 15) is 9.90 Å². The summed E-state index contributed by atoms with van der Waals surface area (Å²) in [5.41, 5.74) is 2.67. The predicted molar refractivity (Wildman–Crippen MR) is 82.6 cm³/mol. The van der Waals surface area contributed by atoms with Gasteiger partial charge in [-0.1, -0.05) is 17.7 Å². The number of ether oxygens (including phenoxy) is 1. The standard InChI is InChI=1S/C17H25NO3/c1-12-9-13(2)16(14(3)10-12)21-11-15(19)18-7-5-17(4,20)6-8-18/h9-10,20H,5-8,11H2,1-4H3. The number of rotatable bonds is 3. The van der Waals surface area contributed by atoms with Crippen LogP contribution in [0.4, 0.5) is 0 Å². The van der Waals surface area contributed by atoms with Crippen LogP contribution in [0.3, 0.4) is 0 Å². The van der Waals surface area contributed by atoms with E-state index in [0.29, 0.717) is 25.9 Å². The van der Waals surface area contributed by atoms with Crippen LogP contribution in [0.5, 0.6) is 5.75 Å². The van der Waals surface area contributed by atoms with Gasteiger partial charge >= 0.3 is 0 Å². The van der Waals surface area contributed by atoms with Crippen LogP contribution in [-0.4, -0.2) is 41.2 Å². The highest BCUT2D eigenvalue weighted by Crippen LogP contribution is 2.25. The molecule has 1 amide bonds. The number of likely N-dealkylation sites (tertiary alicyclic amines) is 1. The van der Waals surface area contributed by atoms with Gasteiger partial charge in [-0.2, -0.15) is 0 Å². The summed E-state index contributed by atoms with van der Waals surface area (Å²) >= 11 is 0. The van der Waals surface area contributed by atoms with Gasteiger partial charge in [0, 0.05) is 13.1 Å². The molecule has 0 atom stereocenters. The molecule has 1 aliphatic heterocycles. The molecule has 1 aromatic rings. The highest BCUT2D eigenvalue weighted by molar-refractivity contribution is 5.78. The molecule has 116 valence electrons. The van der Waals surface area contributed by atoms with E-state index in [2.05, 4.69) is 19.1 Å². The number of hydrogen-bond acceptors (Lipinski definition) is 3. The first kappa shape index (κ1) is 15.8. The number of carbonyl (C=O) groups excluding carboxylic acids is 1. The third-order valence-corrected chi connectivity index (χ3v) is 4.14. The van der Waals surface area contributed by atoms with E-state index in [1.54, 1.807) is 4.90 Å². The molecule has 1 aromatic carbocycles. The van der Waals surface area contributed by atoms with Crippen molar-refractivity contribution in [1.29, 1.82) is 0 Å². The van der Waals surface area contributed by atoms with Crippen molar-refractivity contribution in [3.05, 3.63) is 28.8 Å². The average molecular weight is 291 g/mol. The molecule has 0 radical (unpaired) electrons. The Bertz CT molecular complexity index is 504. The van der Waals surface area contributed by atoms with Gasteiger partial charge in [0.25, 0.3) is 5.91 Å². The van der Waals surface area contributed by atoms with Crippen LogP contribution in [0, 0.1) is 20.8 Å². The maximum absolute atomic E-state index is 12.2. The highest BCUT2D eigenvalue weighted by atomic mass is 16.5. The van der Waals surface area contributed by atoms with Crippen molar-refractivity contribution in [1.82, 2.24) is 4.90 Å². The van der Waals surface area contributed by atoms with E-state index in [1.807, 2.05) is 20.8 Å². The molecule has 1 N–H and O–H groups in total. The van der Waals surface area contributed by atoms with Crippen LogP contribution >= 0.6 is 0 Å². The molecule has 4 heteroatoms. The summed E-state index contributed by atoms with van der Waals surface area (Å²) < 4.78 is 5.74. The Hall–Kier alpha value is -1.55. The van der Waals surface area contributed by atoms with Crippen LogP contribution in [0.2, 0.25) is 0 Å². The van der Waals surface area contributed by atoms with Crippen LogP contribution in [0.15, 0.2) is 12.1 Å². The van der Waals surface area contributed by atoms with E-state index in [0.717, 1.165) is 16.9 Å². The Kier molecular flexibility index (Phi) is 4.57. The quantitative estimate of drug-likeness (QED) is 0.930. The number of piperidine rings is 1. The van der Waals surface area contributed by atoms with Gasteiger partial charge in [-0.15, -0.1) is 0 Å². The Morgan fingerprint density at radius 3 is 2.29 bits per heavy atom. The normalized spacial score (nSPS) is 17.7. The van der Waals surface area contributed by atoms with Gasteiger partial charge in [-0.05, 0) is 51.7 Å². The largest absolute Gasteiger partial charge is 0.483 e. The molecule has 0 aromatic heterocycles. The lowest BCUT2D eigenvalue weighted by atomic mass is 9.94. The minimum absolute atomic E-state index is 0.00937. The summed E-state index contributed by atoms with van der Waals surface area (Å²) in [6.07, 6.45) is 1.25. The summed E-state index contributed by atoms with van der Waals surface area (Å²) in [5, 5.41) is 9.91. The topological polar surface area (TPSA) is 49.8 Å². The van der Waals surface area contributed by atoms with Crippen LogP contribution in [0.25, 0.3) is 0 Å². The zero-order valence-corrected chi connectivity index (χ0v) is 13.4. The molecule has 1 heterocycles. The minimum Gasteiger partial charge on any atom is -0.483 e. The van der Waals surface area contributed by atoms with Gasteiger partial charge in [-0.3, -0.25) is 4.79 Å². The fourth-order valence-corrected chi connectivity index (χ4v) is 2.86. The second-order valence-corrected chi connectivity index (χ2v) is 6.39. The number of hydrogen-bond donors (Lipinski definition) is 1. The van der Waals surface area contributed by atoms with Crippen LogP contribution in [-0.2, 0) is 4.79 Å². The SMILES string of the molecule is Cc1cc(C)c(OCC(=O)N2CCC(C)(O)CC2)c(C)c1. The average Bonchev–Trinajstić information content (AvgIpc) is 2.37. The zero-order chi connectivity index (χ0) is 15.6. The molecule has 4 nitrogen and oxygen atoms in total. The fraction of sp³-hybridized carbons (Fsp3) is 0.588. The van der Waals surface area contributed by atoms with Crippen molar-refractivity contribution < 1.29 is 14.6 Å². The number of aryl methyl sites for hydroxylation is 3. The number of amides is 1. The van der Waals surface area contributed by atoms with Crippen molar-refractivity contribution in [3.8, 4) is 5.75 Å². The lowest BCUT2D eigenvalue weighted by Crippen LogP contribution is -2.46. The van der Waals surface area contributed by atoms with Gasteiger partial charge in [0.05, 0.1) is 5.60 Å². The minimum atomic E-state index is -0.637. The Morgan fingerprint density at radius 2 is 1.76 bits per heavy atom. The molecule has 0 saturated carbocycles. The molecule has 0 unspecified atom stereocenters. The summed E-state index contributed by atoms with van der Waals surface area (Å²) in [5.74, 6) is 0.794. The Morgan fingerprint density at radius 1 is 1.24 bits per heavy atom. The number of carbonyl (C=O) groups is 1. The molecule has 0 bridgehead atoms. The van der Waals surface area contributed by atoms with Gasteiger partial charge in [0.2, 0.25) is 0 Å². The molecular weight excluding hydrogens is 266 g/mol. The summed E-state index contributed by atoms with van der Waals surface area (Å²) in [6.45, 7) is 9.13. The summed E-state index contributed by atoms with van der Waals surface area (Å²) in [6, 6.07) is 4.12. The second kappa shape index (κ2) is 6.06. The molecule has 0 aliphatic carbocycles. The van der Waals surface area contributed by atoms with Gasteiger partial charge in [-0.25, -0.2) is 0 Å². The van der Waals surface area contributed by atoms with E-state index in [1.165, 1.54) is 5.56 Å². The number of nitrogens with zero attached hydrogens (tertiary/aromatic N) is 1. The highest BCUT2D eigenvalue weighted by Gasteiger charge is 2.29. The van der Waals surface area contributed by atoms with Crippen molar-refractivity contribution in [2.75, 3.05) is 19.7 Å².